The predicted molar refractivity (Wildman–Crippen MR) is 97.0 cm³/mol. The normalized spacial score (nSPS) is 20.1. The van der Waals surface area contributed by atoms with Gasteiger partial charge in [-0.15, -0.1) is 0 Å². The molecular weight excluding hydrogens is 336 g/mol. The minimum Gasteiger partial charge on any atom is -0.337 e. The Morgan fingerprint density at radius 1 is 1.04 bits per heavy atom. The van der Waals surface area contributed by atoms with Gasteiger partial charge in [0.15, 0.2) is 0 Å². The Morgan fingerprint density at radius 3 is 2.64 bits per heavy atom. The summed E-state index contributed by atoms with van der Waals surface area (Å²) >= 11 is 6.21. The first-order valence-corrected chi connectivity index (χ1v) is 8.66. The second kappa shape index (κ2) is 6.59. The van der Waals surface area contributed by atoms with Crippen molar-refractivity contribution in [1.82, 2.24) is 21.0 Å². The van der Waals surface area contributed by atoms with Crippen LogP contribution in [0.15, 0.2) is 47.0 Å². The maximum absolute atomic E-state index is 6.21. The topological polar surface area (TPSA) is 63.0 Å². The molecule has 0 aliphatic carbocycles. The van der Waals surface area contributed by atoms with Gasteiger partial charge in [-0.2, -0.15) is 4.98 Å². The molecule has 128 valence electrons. The minimum absolute atomic E-state index is 0.0321. The van der Waals surface area contributed by atoms with Crippen molar-refractivity contribution in [3.63, 3.8) is 0 Å². The summed E-state index contributed by atoms with van der Waals surface area (Å²) in [4.78, 5) is 4.52. The largest absolute Gasteiger partial charge is 0.337 e. The minimum atomic E-state index is -0.0321. The summed E-state index contributed by atoms with van der Waals surface area (Å²) < 4.78 is 5.46. The molecular formula is C19H19ClN4O. The van der Waals surface area contributed by atoms with E-state index in [-0.39, 0.29) is 12.1 Å². The molecule has 0 spiro atoms. The number of benzene rings is 2. The molecule has 2 aromatic carbocycles. The monoisotopic (exact) mass is 354 g/mol. The van der Waals surface area contributed by atoms with E-state index in [1.165, 1.54) is 16.7 Å². The summed E-state index contributed by atoms with van der Waals surface area (Å²) in [6.45, 7) is 4.25. The summed E-state index contributed by atoms with van der Waals surface area (Å²) in [7, 11) is 0. The Balaban J connectivity index is 1.52. The van der Waals surface area contributed by atoms with Crippen LogP contribution in [0.25, 0.3) is 11.4 Å². The van der Waals surface area contributed by atoms with Gasteiger partial charge in [0.1, 0.15) is 6.04 Å². The lowest BCUT2D eigenvalue weighted by Crippen LogP contribution is -2.26. The van der Waals surface area contributed by atoms with Gasteiger partial charge in [0, 0.05) is 11.6 Å². The average molecular weight is 355 g/mol. The van der Waals surface area contributed by atoms with Crippen LogP contribution in [0.2, 0.25) is 5.02 Å². The van der Waals surface area contributed by atoms with E-state index in [1.54, 1.807) is 0 Å². The Hall–Kier alpha value is -2.21. The van der Waals surface area contributed by atoms with Crippen LogP contribution in [-0.2, 0) is 0 Å². The van der Waals surface area contributed by atoms with Crippen LogP contribution in [0.4, 0.5) is 0 Å². The lowest BCUT2D eigenvalue weighted by molar-refractivity contribution is 0.340. The van der Waals surface area contributed by atoms with Crippen LogP contribution >= 0.6 is 11.6 Å². The quantitative estimate of drug-likeness (QED) is 0.734. The summed E-state index contributed by atoms with van der Waals surface area (Å²) in [5.74, 6) is 1.07. The highest BCUT2D eigenvalue weighted by atomic mass is 35.5. The van der Waals surface area contributed by atoms with Gasteiger partial charge < -0.3 is 4.52 Å². The van der Waals surface area contributed by atoms with Gasteiger partial charge in [0.25, 0.3) is 0 Å². The van der Waals surface area contributed by atoms with Gasteiger partial charge in [0.05, 0.1) is 5.02 Å². The molecule has 2 atom stereocenters. The van der Waals surface area contributed by atoms with Gasteiger partial charge in [-0.25, -0.2) is 10.9 Å². The second-order valence-corrected chi connectivity index (χ2v) is 6.82. The van der Waals surface area contributed by atoms with Crippen LogP contribution in [0, 0.1) is 13.8 Å². The van der Waals surface area contributed by atoms with Crippen molar-refractivity contribution in [3.05, 3.63) is 70.1 Å². The molecule has 1 aliphatic heterocycles. The van der Waals surface area contributed by atoms with E-state index in [1.807, 2.05) is 24.3 Å². The maximum Gasteiger partial charge on any atom is 0.245 e. The van der Waals surface area contributed by atoms with E-state index in [9.17, 15) is 0 Å². The third kappa shape index (κ3) is 3.18. The summed E-state index contributed by atoms with van der Waals surface area (Å²) in [6.07, 6.45) is 0.840. The molecule has 1 fully saturated rings. The molecule has 2 unspecified atom stereocenters. The molecule has 25 heavy (non-hydrogen) atoms. The van der Waals surface area contributed by atoms with E-state index < -0.39 is 0 Å². The fourth-order valence-electron chi connectivity index (χ4n) is 3.05. The average Bonchev–Trinajstić information content (AvgIpc) is 3.27. The van der Waals surface area contributed by atoms with Gasteiger partial charge in [-0.3, -0.25) is 0 Å². The van der Waals surface area contributed by atoms with E-state index in [0.717, 1.165) is 12.0 Å². The van der Waals surface area contributed by atoms with Gasteiger partial charge in [-0.1, -0.05) is 47.1 Å². The lowest BCUT2D eigenvalue weighted by atomic mass is 9.98. The molecule has 2 heterocycles. The van der Waals surface area contributed by atoms with E-state index in [2.05, 4.69) is 53.0 Å². The van der Waals surface area contributed by atoms with Crippen LogP contribution in [-0.4, -0.2) is 10.1 Å². The molecule has 1 aromatic heterocycles. The fraction of sp³-hybridized carbons (Fsp3) is 0.263. The molecule has 0 saturated carbocycles. The molecule has 4 rings (SSSR count). The molecule has 0 radical (unpaired) electrons. The molecule has 1 aliphatic rings. The third-order valence-corrected chi connectivity index (χ3v) is 5.02. The number of hydrogen-bond acceptors (Lipinski definition) is 5. The van der Waals surface area contributed by atoms with Crippen molar-refractivity contribution in [2.45, 2.75) is 32.4 Å². The summed E-state index contributed by atoms with van der Waals surface area (Å²) in [6, 6.07) is 14.2. The van der Waals surface area contributed by atoms with E-state index in [4.69, 9.17) is 16.1 Å². The third-order valence-electron chi connectivity index (χ3n) is 4.69. The highest BCUT2D eigenvalue weighted by molar-refractivity contribution is 6.33. The standard InChI is InChI=1S/C19H19ClN4O/c1-11-7-8-13(9-12(11)2)16-10-17(23-22-16)19-21-18(24-25-19)14-5-3-4-6-15(14)20/h3-9,16-17,22-23H,10H2,1-2H3. The zero-order valence-electron chi connectivity index (χ0n) is 14.1. The van der Waals surface area contributed by atoms with Crippen molar-refractivity contribution < 1.29 is 4.52 Å². The summed E-state index contributed by atoms with van der Waals surface area (Å²) in [5.41, 5.74) is 11.2. The van der Waals surface area contributed by atoms with Crippen LogP contribution in [0.1, 0.15) is 41.1 Å². The highest BCUT2D eigenvalue weighted by Gasteiger charge is 2.30. The van der Waals surface area contributed by atoms with Gasteiger partial charge in [-0.05, 0) is 49.1 Å². The Kier molecular flexibility index (Phi) is 4.29. The first-order valence-electron chi connectivity index (χ1n) is 8.28. The van der Waals surface area contributed by atoms with Crippen molar-refractivity contribution in [3.8, 4) is 11.4 Å². The first-order chi connectivity index (χ1) is 12.1. The zero-order chi connectivity index (χ0) is 17.4. The number of aromatic nitrogens is 2. The Labute approximate surface area is 151 Å². The maximum atomic E-state index is 6.21. The first kappa shape index (κ1) is 16.3. The fourth-order valence-corrected chi connectivity index (χ4v) is 3.27. The Bertz CT molecular complexity index is 908. The number of nitrogens with zero attached hydrogens (tertiary/aromatic N) is 2. The van der Waals surface area contributed by atoms with E-state index >= 15 is 0 Å². The number of hydrogen-bond donors (Lipinski definition) is 2. The van der Waals surface area contributed by atoms with Crippen LogP contribution in [0.3, 0.4) is 0 Å². The SMILES string of the molecule is Cc1ccc(C2CC(c3nc(-c4ccccc4Cl)no3)NN2)cc1C. The molecule has 2 N–H and O–H groups in total. The molecule has 5 nitrogen and oxygen atoms in total. The smallest absolute Gasteiger partial charge is 0.245 e. The molecule has 6 heteroatoms. The number of rotatable bonds is 3. The van der Waals surface area contributed by atoms with Crippen molar-refractivity contribution in [2.75, 3.05) is 0 Å². The van der Waals surface area contributed by atoms with Crippen molar-refractivity contribution >= 4 is 11.6 Å². The number of halogens is 1. The van der Waals surface area contributed by atoms with Crippen LogP contribution < -0.4 is 10.9 Å². The van der Waals surface area contributed by atoms with Crippen LogP contribution in [0.5, 0.6) is 0 Å². The molecule has 0 bridgehead atoms. The zero-order valence-corrected chi connectivity index (χ0v) is 14.8. The van der Waals surface area contributed by atoms with Gasteiger partial charge in [0.2, 0.25) is 11.7 Å². The number of aryl methyl sites for hydroxylation is 2. The Morgan fingerprint density at radius 2 is 1.84 bits per heavy atom. The van der Waals surface area contributed by atoms with Crippen molar-refractivity contribution in [1.29, 1.82) is 0 Å². The number of hydrazine groups is 1. The number of nitrogens with one attached hydrogen (secondary N) is 2. The predicted octanol–water partition coefficient (Wildman–Crippen LogP) is 4.29. The summed E-state index contributed by atoms with van der Waals surface area (Å²) in [5, 5.41) is 4.69. The molecule has 3 aromatic rings. The second-order valence-electron chi connectivity index (χ2n) is 6.41. The van der Waals surface area contributed by atoms with Crippen molar-refractivity contribution in [2.24, 2.45) is 0 Å². The van der Waals surface area contributed by atoms with E-state index in [0.29, 0.717) is 16.7 Å². The molecule has 0 amide bonds. The lowest BCUT2D eigenvalue weighted by Gasteiger charge is -2.11. The van der Waals surface area contributed by atoms with Gasteiger partial charge >= 0.3 is 0 Å². The highest BCUT2D eigenvalue weighted by Crippen LogP contribution is 2.32. The molecule has 1 saturated heterocycles.